The maximum Gasteiger partial charge on any atom is 0.0743 e. The fraction of sp³-hybridized carbons (Fsp3) is 0.737. The molecule has 0 saturated carbocycles. The summed E-state index contributed by atoms with van der Waals surface area (Å²) in [5.74, 6) is 1.40. The smallest absolute Gasteiger partial charge is 0.0743 e. The molecule has 0 spiro atoms. The second-order valence-electron chi connectivity index (χ2n) is 7.54. The monoisotopic (exact) mass is 331 g/mol. The number of nitrogens with zero attached hydrogens (tertiary/aromatic N) is 3. The summed E-state index contributed by atoms with van der Waals surface area (Å²) < 4.78 is 11.8. The highest BCUT2D eigenvalue weighted by atomic mass is 16.5. The van der Waals surface area contributed by atoms with E-state index in [1.54, 1.807) is 0 Å². The van der Waals surface area contributed by atoms with E-state index in [9.17, 15) is 0 Å². The molecule has 4 rings (SSSR count). The minimum atomic E-state index is 0.406. The fourth-order valence-corrected chi connectivity index (χ4v) is 4.33. The van der Waals surface area contributed by atoms with Crippen molar-refractivity contribution >= 4 is 0 Å². The van der Waals surface area contributed by atoms with E-state index in [0.29, 0.717) is 12.0 Å². The molecule has 132 valence electrons. The fourth-order valence-electron chi connectivity index (χ4n) is 4.33. The predicted molar refractivity (Wildman–Crippen MR) is 92.7 cm³/mol. The van der Waals surface area contributed by atoms with E-state index in [2.05, 4.69) is 26.9 Å². The highest BCUT2D eigenvalue weighted by Crippen LogP contribution is 2.26. The first kappa shape index (κ1) is 16.5. The van der Waals surface area contributed by atoms with E-state index in [-0.39, 0.29) is 0 Å². The van der Waals surface area contributed by atoms with Crippen LogP contribution in [-0.4, -0.2) is 73.4 Å². The molecule has 4 heterocycles. The van der Waals surface area contributed by atoms with Crippen molar-refractivity contribution in [2.75, 3.05) is 52.5 Å². The Morgan fingerprint density at radius 2 is 1.96 bits per heavy atom. The van der Waals surface area contributed by atoms with Crippen molar-refractivity contribution in [3.05, 3.63) is 30.1 Å². The SMILES string of the molecule is c1cc(CN2CCO[C@H]3CN(CC4CCOC4)CC[C@H]3C2)ccn1. The zero-order valence-corrected chi connectivity index (χ0v) is 14.5. The number of likely N-dealkylation sites (tertiary alicyclic amines) is 1. The van der Waals surface area contributed by atoms with Crippen molar-refractivity contribution in [3.8, 4) is 0 Å². The Labute approximate surface area is 144 Å². The summed E-state index contributed by atoms with van der Waals surface area (Å²) in [6, 6.07) is 4.24. The van der Waals surface area contributed by atoms with Crippen LogP contribution in [0.5, 0.6) is 0 Å². The Kier molecular flexibility index (Phi) is 5.43. The third kappa shape index (κ3) is 4.14. The van der Waals surface area contributed by atoms with Crippen molar-refractivity contribution in [1.29, 1.82) is 0 Å². The third-order valence-electron chi connectivity index (χ3n) is 5.71. The number of hydrogen-bond acceptors (Lipinski definition) is 5. The number of ether oxygens (including phenoxy) is 2. The summed E-state index contributed by atoms with van der Waals surface area (Å²) in [6.45, 7) is 9.46. The van der Waals surface area contributed by atoms with Gasteiger partial charge in [-0.05, 0) is 43.0 Å². The number of piperidine rings is 1. The largest absolute Gasteiger partial charge is 0.381 e. The summed E-state index contributed by atoms with van der Waals surface area (Å²) in [7, 11) is 0. The molecule has 3 aliphatic rings. The number of fused-ring (bicyclic) bond motifs is 1. The second-order valence-corrected chi connectivity index (χ2v) is 7.54. The molecule has 3 atom stereocenters. The van der Waals surface area contributed by atoms with Crippen LogP contribution < -0.4 is 0 Å². The number of hydrogen-bond donors (Lipinski definition) is 0. The zero-order chi connectivity index (χ0) is 16.2. The number of aromatic nitrogens is 1. The summed E-state index contributed by atoms with van der Waals surface area (Å²) in [5, 5.41) is 0. The van der Waals surface area contributed by atoms with E-state index in [1.165, 1.54) is 31.5 Å². The van der Waals surface area contributed by atoms with Gasteiger partial charge in [-0.2, -0.15) is 0 Å². The summed E-state index contributed by atoms with van der Waals surface area (Å²) in [4.78, 5) is 9.28. The van der Waals surface area contributed by atoms with Crippen molar-refractivity contribution in [3.63, 3.8) is 0 Å². The van der Waals surface area contributed by atoms with E-state index in [0.717, 1.165) is 51.9 Å². The average molecular weight is 331 g/mol. The Morgan fingerprint density at radius 1 is 1.04 bits per heavy atom. The zero-order valence-electron chi connectivity index (χ0n) is 14.5. The van der Waals surface area contributed by atoms with Gasteiger partial charge in [-0.3, -0.25) is 9.88 Å². The molecule has 0 N–H and O–H groups in total. The number of rotatable bonds is 4. The summed E-state index contributed by atoms with van der Waals surface area (Å²) in [6.07, 6.45) is 6.66. The minimum Gasteiger partial charge on any atom is -0.381 e. The van der Waals surface area contributed by atoms with Crippen molar-refractivity contribution in [2.45, 2.75) is 25.5 Å². The first-order valence-electron chi connectivity index (χ1n) is 9.40. The molecular formula is C19H29N3O2. The molecule has 1 unspecified atom stereocenters. The molecule has 5 heteroatoms. The van der Waals surface area contributed by atoms with Crippen LogP contribution in [0.1, 0.15) is 18.4 Å². The molecule has 0 radical (unpaired) electrons. The van der Waals surface area contributed by atoms with Crippen LogP contribution in [0.2, 0.25) is 0 Å². The van der Waals surface area contributed by atoms with E-state index in [1.807, 2.05) is 12.4 Å². The molecule has 3 saturated heterocycles. The van der Waals surface area contributed by atoms with Gasteiger partial charge in [-0.25, -0.2) is 0 Å². The van der Waals surface area contributed by atoms with Gasteiger partial charge in [-0.15, -0.1) is 0 Å². The van der Waals surface area contributed by atoms with Crippen LogP contribution in [0.4, 0.5) is 0 Å². The summed E-state index contributed by atoms with van der Waals surface area (Å²) in [5.41, 5.74) is 1.35. The van der Waals surface area contributed by atoms with Gasteiger partial charge in [0.2, 0.25) is 0 Å². The van der Waals surface area contributed by atoms with Crippen LogP contribution in [0.15, 0.2) is 24.5 Å². The van der Waals surface area contributed by atoms with Crippen LogP contribution in [0.25, 0.3) is 0 Å². The number of pyridine rings is 1. The van der Waals surface area contributed by atoms with Crippen molar-refractivity contribution < 1.29 is 9.47 Å². The van der Waals surface area contributed by atoms with Crippen molar-refractivity contribution in [1.82, 2.24) is 14.8 Å². The molecule has 1 aromatic heterocycles. The topological polar surface area (TPSA) is 37.8 Å². The molecular weight excluding hydrogens is 302 g/mol. The second kappa shape index (κ2) is 7.91. The maximum absolute atomic E-state index is 6.24. The standard InChI is InChI=1S/C19H29N3O2/c1-5-20-6-2-16(1)11-22-8-10-24-19-14-21(7-3-18(19)13-22)12-17-4-9-23-15-17/h1-2,5-6,17-19H,3-4,7-15H2/t17?,18-,19-/m0/s1. The van der Waals surface area contributed by atoms with Gasteiger partial charge in [-0.1, -0.05) is 0 Å². The Balaban J connectivity index is 1.31. The molecule has 1 aromatic rings. The van der Waals surface area contributed by atoms with Gasteiger partial charge in [0.05, 0.1) is 19.3 Å². The van der Waals surface area contributed by atoms with Gasteiger partial charge in [0, 0.05) is 57.6 Å². The lowest BCUT2D eigenvalue weighted by molar-refractivity contribution is -0.0257. The van der Waals surface area contributed by atoms with Gasteiger partial charge >= 0.3 is 0 Å². The molecule has 5 nitrogen and oxygen atoms in total. The van der Waals surface area contributed by atoms with Gasteiger partial charge in [0.25, 0.3) is 0 Å². The first-order valence-corrected chi connectivity index (χ1v) is 9.40. The van der Waals surface area contributed by atoms with E-state index < -0.39 is 0 Å². The lowest BCUT2D eigenvalue weighted by Crippen LogP contribution is -2.48. The summed E-state index contributed by atoms with van der Waals surface area (Å²) >= 11 is 0. The van der Waals surface area contributed by atoms with Gasteiger partial charge in [0.1, 0.15) is 0 Å². The highest BCUT2D eigenvalue weighted by Gasteiger charge is 2.34. The Bertz CT molecular complexity index is 507. The molecule has 0 bridgehead atoms. The molecule has 0 amide bonds. The van der Waals surface area contributed by atoms with Crippen LogP contribution >= 0.6 is 0 Å². The minimum absolute atomic E-state index is 0.406. The molecule has 0 aromatic carbocycles. The average Bonchev–Trinajstić information content (AvgIpc) is 3.02. The molecule has 3 aliphatic heterocycles. The third-order valence-corrected chi connectivity index (χ3v) is 5.71. The maximum atomic E-state index is 6.24. The molecule has 24 heavy (non-hydrogen) atoms. The Morgan fingerprint density at radius 3 is 2.79 bits per heavy atom. The van der Waals surface area contributed by atoms with Gasteiger partial charge in [0.15, 0.2) is 0 Å². The Hall–Kier alpha value is -1.01. The van der Waals surface area contributed by atoms with Crippen molar-refractivity contribution in [2.24, 2.45) is 11.8 Å². The quantitative estimate of drug-likeness (QED) is 0.838. The van der Waals surface area contributed by atoms with Crippen LogP contribution in [0, 0.1) is 11.8 Å². The van der Waals surface area contributed by atoms with E-state index >= 15 is 0 Å². The highest BCUT2D eigenvalue weighted by molar-refractivity contribution is 5.09. The van der Waals surface area contributed by atoms with Crippen LogP contribution in [-0.2, 0) is 16.0 Å². The lowest BCUT2D eigenvalue weighted by Gasteiger charge is -2.38. The first-order chi connectivity index (χ1) is 11.9. The van der Waals surface area contributed by atoms with Gasteiger partial charge < -0.3 is 14.4 Å². The predicted octanol–water partition coefficient (Wildman–Crippen LogP) is 1.64. The molecule has 3 fully saturated rings. The van der Waals surface area contributed by atoms with Crippen LogP contribution in [0.3, 0.4) is 0 Å². The van der Waals surface area contributed by atoms with E-state index in [4.69, 9.17) is 9.47 Å². The normalized spacial score (nSPS) is 32.4. The lowest BCUT2D eigenvalue weighted by atomic mass is 9.92. The molecule has 0 aliphatic carbocycles.